The van der Waals surface area contributed by atoms with Gasteiger partial charge in [0.2, 0.25) is 0 Å². The zero-order chi connectivity index (χ0) is 8.39. The first-order valence-electron chi connectivity index (χ1n) is 3.49. The number of nitrogens with zero attached hydrogens (tertiary/aromatic N) is 1. The molecule has 60 valence electrons. The van der Waals surface area contributed by atoms with Crippen LogP contribution in [-0.2, 0) is 0 Å². The highest BCUT2D eigenvalue weighted by atomic mass is 35.5. The zero-order valence-corrected chi connectivity index (χ0v) is 7.77. The van der Waals surface area contributed by atoms with Crippen LogP contribution in [0.5, 0.6) is 0 Å². The third-order valence-electron chi connectivity index (χ3n) is 1.56. The number of hydrogen-bond acceptors (Lipinski definition) is 2. The first-order chi connectivity index (χ1) is 5.86. The van der Waals surface area contributed by atoms with E-state index in [1.807, 2.05) is 17.6 Å². The molecule has 1 nitrogen and oxygen atoms in total. The average molecular weight is 196 g/mol. The second kappa shape index (κ2) is 3.25. The number of aromatic nitrogens is 1. The Morgan fingerprint density at radius 3 is 2.83 bits per heavy atom. The van der Waals surface area contributed by atoms with Crippen molar-refractivity contribution in [2.75, 3.05) is 0 Å². The summed E-state index contributed by atoms with van der Waals surface area (Å²) < 4.78 is 0. The Hall–Kier alpha value is -0.860. The van der Waals surface area contributed by atoms with E-state index in [0.717, 1.165) is 5.56 Å². The molecule has 12 heavy (non-hydrogen) atoms. The van der Waals surface area contributed by atoms with Crippen molar-refractivity contribution in [2.45, 2.75) is 0 Å². The van der Waals surface area contributed by atoms with Gasteiger partial charge in [-0.05, 0) is 28.5 Å². The standard InChI is InChI=1S/C9H6ClNS/c10-9-3-8(4-11-5-9)7-1-2-12-6-7/h1-6H. The first kappa shape index (κ1) is 7.77. The lowest BCUT2D eigenvalue weighted by molar-refractivity contribution is 1.33. The van der Waals surface area contributed by atoms with Crippen molar-refractivity contribution >= 4 is 22.9 Å². The topological polar surface area (TPSA) is 12.9 Å². The van der Waals surface area contributed by atoms with Crippen molar-refractivity contribution < 1.29 is 0 Å². The molecule has 0 amide bonds. The fourth-order valence-electron chi connectivity index (χ4n) is 0.998. The quantitative estimate of drug-likeness (QED) is 0.679. The predicted octanol–water partition coefficient (Wildman–Crippen LogP) is 3.46. The van der Waals surface area contributed by atoms with Gasteiger partial charge >= 0.3 is 0 Å². The van der Waals surface area contributed by atoms with Gasteiger partial charge in [-0.15, -0.1) is 0 Å². The summed E-state index contributed by atoms with van der Waals surface area (Å²) in [6.07, 6.45) is 3.45. The second-order valence-electron chi connectivity index (χ2n) is 2.40. The van der Waals surface area contributed by atoms with Crippen LogP contribution in [0.3, 0.4) is 0 Å². The van der Waals surface area contributed by atoms with Crippen molar-refractivity contribution in [3.05, 3.63) is 40.3 Å². The minimum atomic E-state index is 0.679. The van der Waals surface area contributed by atoms with Crippen LogP contribution in [-0.4, -0.2) is 4.98 Å². The Labute approximate surface area is 79.7 Å². The Morgan fingerprint density at radius 2 is 2.17 bits per heavy atom. The molecule has 3 heteroatoms. The van der Waals surface area contributed by atoms with Crippen LogP contribution in [0.15, 0.2) is 35.3 Å². The Bertz CT molecular complexity index is 370. The molecule has 0 aliphatic rings. The summed E-state index contributed by atoms with van der Waals surface area (Å²) in [6.45, 7) is 0. The van der Waals surface area contributed by atoms with Gasteiger partial charge < -0.3 is 0 Å². The summed E-state index contributed by atoms with van der Waals surface area (Å²) in [7, 11) is 0. The van der Waals surface area contributed by atoms with Crippen LogP contribution in [0, 0.1) is 0 Å². The van der Waals surface area contributed by atoms with E-state index < -0.39 is 0 Å². The van der Waals surface area contributed by atoms with E-state index in [4.69, 9.17) is 11.6 Å². The predicted molar refractivity (Wildman–Crippen MR) is 52.6 cm³/mol. The molecule has 2 aromatic heterocycles. The molecular weight excluding hydrogens is 190 g/mol. The number of rotatable bonds is 1. The van der Waals surface area contributed by atoms with E-state index in [1.54, 1.807) is 17.5 Å². The number of pyridine rings is 1. The summed E-state index contributed by atoms with van der Waals surface area (Å²) in [4.78, 5) is 4.01. The van der Waals surface area contributed by atoms with Crippen LogP contribution in [0.25, 0.3) is 11.1 Å². The van der Waals surface area contributed by atoms with Crippen LogP contribution in [0.2, 0.25) is 5.02 Å². The fraction of sp³-hybridized carbons (Fsp3) is 0. The molecule has 2 heterocycles. The van der Waals surface area contributed by atoms with Crippen LogP contribution in [0.4, 0.5) is 0 Å². The van der Waals surface area contributed by atoms with Gasteiger partial charge in [0.25, 0.3) is 0 Å². The van der Waals surface area contributed by atoms with E-state index in [2.05, 4.69) is 16.4 Å². The molecule has 0 N–H and O–H groups in total. The maximum atomic E-state index is 5.80. The molecule has 0 saturated carbocycles. The Balaban J connectivity index is 2.48. The van der Waals surface area contributed by atoms with E-state index in [0.29, 0.717) is 5.02 Å². The number of thiophene rings is 1. The monoisotopic (exact) mass is 195 g/mol. The molecule has 0 fully saturated rings. The van der Waals surface area contributed by atoms with E-state index in [9.17, 15) is 0 Å². The highest BCUT2D eigenvalue weighted by molar-refractivity contribution is 7.08. The van der Waals surface area contributed by atoms with Gasteiger partial charge in [0.05, 0.1) is 5.02 Å². The molecule has 0 spiro atoms. The maximum absolute atomic E-state index is 5.80. The molecule has 0 aliphatic carbocycles. The summed E-state index contributed by atoms with van der Waals surface area (Å²) >= 11 is 7.47. The van der Waals surface area contributed by atoms with E-state index in [-0.39, 0.29) is 0 Å². The van der Waals surface area contributed by atoms with Gasteiger partial charge in [-0.2, -0.15) is 11.3 Å². The molecule has 2 rings (SSSR count). The van der Waals surface area contributed by atoms with E-state index >= 15 is 0 Å². The fourth-order valence-corrected chi connectivity index (χ4v) is 1.84. The summed E-state index contributed by atoms with van der Waals surface area (Å²) in [5.74, 6) is 0. The second-order valence-corrected chi connectivity index (χ2v) is 3.62. The van der Waals surface area contributed by atoms with Crippen molar-refractivity contribution in [3.63, 3.8) is 0 Å². The molecule has 2 aromatic rings. The van der Waals surface area contributed by atoms with Crippen molar-refractivity contribution in [1.29, 1.82) is 0 Å². The average Bonchev–Trinajstić information content (AvgIpc) is 2.56. The van der Waals surface area contributed by atoms with Crippen molar-refractivity contribution in [3.8, 4) is 11.1 Å². The summed E-state index contributed by atoms with van der Waals surface area (Å²) in [5, 5.41) is 4.79. The first-order valence-corrected chi connectivity index (χ1v) is 4.81. The molecule has 0 atom stereocenters. The largest absolute Gasteiger partial charge is 0.263 e. The van der Waals surface area contributed by atoms with Gasteiger partial charge in [-0.1, -0.05) is 11.6 Å². The van der Waals surface area contributed by atoms with Crippen molar-refractivity contribution in [2.24, 2.45) is 0 Å². The molecule has 0 bridgehead atoms. The summed E-state index contributed by atoms with van der Waals surface area (Å²) in [6, 6.07) is 3.97. The number of hydrogen-bond donors (Lipinski definition) is 0. The van der Waals surface area contributed by atoms with Crippen molar-refractivity contribution in [1.82, 2.24) is 4.98 Å². The van der Waals surface area contributed by atoms with Gasteiger partial charge in [0.1, 0.15) is 0 Å². The zero-order valence-electron chi connectivity index (χ0n) is 6.20. The van der Waals surface area contributed by atoms with Crippen LogP contribution < -0.4 is 0 Å². The smallest absolute Gasteiger partial charge is 0.0595 e. The number of halogens is 1. The lowest BCUT2D eigenvalue weighted by Gasteiger charge is -1.95. The van der Waals surface area contributed by atoms with Gasteiger partial charge in [-0.3, -0.25) is 4.98 Å². The Kier molecular flexibility index (Phi) is 2.11. The highest BCUT2D eigenvalue weighted by Crippen LogP contribution is 2.23. The van der Waals surface area contributed by atoms with Crippen LogP contribution >= 0.6 is 22.9 Å². The molecule has 0 radical (unpaired) electrons. The Morgan fingerprint density at radius 1 is 1.25 bits per heavy atom. The third-order valence-corrected chi connectivity index (χ3v) is 2.45. The lowest BCUT2D eigenvalue weighted by Crippen LogP contribution is -1.76. The molecule has 0 saturated heterocycles. The summed E-state index contributed by atoms with van der Waals surface area (Å²) in [5.41, 5.74) is 2.25. The highest BCUT2D eigenvalue weighted by Gasteiger charge is 1.97. The maximum Gasteiger partial charge on any atom is 0.0595 e. The lowest BCUT2D eigenvalue weighted by atomic mass is 10.2. The van der Waals surface area contributed by atoms with Gasteiger partial charge in [0, 0.05) is 18.0 Å². The van der Waals surface area contributed by atoms with Gasteiger partial charge in [-0.25, -0.2) is 0 Å². The molecule has 0 aliphatic heterocycles. The van der Waals surface area contributed by atoms with E-state index in [1.165, 1.54) is 5.56 Å². The van der Waals surface area contributed by atoms with Crippen LogP contribution in [0.1, 0.15) is 0 Å². The molecular formula is C9H6ClNS. The van der Waals surface area contributed by atoms with Gasteiger partial charge in [0.15, 0.2) is 0 Å². The molecule has 0 unspecified atom stereocenters. The normalized spacial score (nSPS) is 10.1. The minimum Gasteiger partial charge on any atom is -0.263 e. The SMILES string of the molecule is Clc1cncc(-c2ccsc2)c1. The third kappa shape index (κ3) is 1.49. The molecule has 0 aromatic carbocycles. The minimum absolute atomic E-state index is 0.679.